The molecule has 25 heavy (non-hydrogen) atoms. The van der Waals surface area contributed by atoms with Crippen LogP contribution in [0.3, 0.4) is 0 Å². The van der Waals surface area contributed by atoms with E-state index in [9.17, 15) is 22.8 Å². The summed E-state index contributed by atoms with van der Waals surface area (Å²) in [6, 6.07) is 3.76. The number of carboxylic acid groups (broad SMARTS) is 1. The van der Waals surface area contributed by atoms with E-state index in [1.807, 2.05) is 0 Å². The highest BCUT2D eigenvalue weighted by molar-refractivity contribution is 5.77. The molecule has 0 spiro atoms. The number of carbonyl (C=O) groups is 2. The number of rotatable bonds is 5. The molecular weight excluding hydrogens is 345 g/mol. The van der Waals surface area contributed by atoms with Gasteiger partial charge < -0.3 is 24.8 Å². The molecule has 2 amide bonds. The van der Waals surface area contributed by atoms with Crippen molar-refractivity contribution >= 4 is 12.0 Å². The monoisotopic (exact) mass is 362 g/mol. The number of morpholine rings is 1. The summed E-state index contributed by atoms with van der Waals surface area (Å²) in [6.07, 6.45) is -5.46. The predicted octanol–water partition coefficient (Wildman–Crippen LogP) is 1.58. The Balaban J connectivity index is 1.72. The van der Waals surface area contributed by atoms with Crippen molar-refractivity contribution in [2.24, 2.45) is 0 Å². The van der Waals surface area contributed by atoms with Crippen LogP contribution in [-0.2, 0) is 15.7 Å². The lowest BCUT2D eigenvalue weighted by Gasteiger charge is -2.30. The molecule has 1 aromatic rings. The second-order valence-electron chi connectivity index (χ2n) is 5.25. The number of aliphatic carboxylic acids is 1. The summed E-state index contributed by atoms with van der Waals surface area (Å²) in [7, 11) is 0. The molecule has 0 aromatic heterocycles. The summed E-state index contributed by atoms with van der Waals surface area (Å²) < 4.78 is 47.6. The number of alkyl halides is 3. The number of amides is 2. The van der Waals surface area contributed by atoms with Gasteiger partial charge in [0.15, 0.2) is 6.10 Å². The van der Waals surface area contributed by atoms with E-state index in [-0.39, 0.29) is 38.6 Å². The molecular formula is C15H17F3N2O5. The van der Waals surface area contributed by atoms with Gasteiger partial charge in [0.1, 0.15) is 12.4 Å². The number of ether oxygens (including phenoxy) is 2. The van der Waals surface area contributed by atoms with Crippen LogP contribution in [0.4, 0.5) is 18.0 Å². The van der Waals surface area contributed by atoms with E-state index in [1.165, 1.54) is 17.0 Å². The molecule has 2 N–H and O–H groups in total. The SMILES string of the molecule is O=C(O)C1CN(C(=O)NCCOc2ccc(C(F)(F)F)cc2)CCO1. The van der Waals surface area contributed by atoms with Crippen LogP contribution in [0.15, 0.2) is 24.3 Å². The van der Waals surface area contributed by atoms with Crippen molar-refractivity contribution in [2.45, 2.75) is 12.3 Å². The number of halogens is 3. The van der Waals surface area contributed by atoms with E-state index < -0.39 is 29.8 Å². The number of nitrogens with zero attached hydrogens (tertiary/aromatic N) is 1. The average Bonchev–Trinajstić information content (AvgIpc) is 2.58. The number of hydrogen-bond acceptors (Lipinski definition) is 4. The molecule has 0 bridgehead atoms. The third-order valence-corrected chi connectivity index (χ3v) is 3.46. The van der Waals surface area contributed by atoms with Crippen LogP contribution in [0.1, 0.15) is 5.56 Å². The van der Waals surface area contributed by atoms with E-state index in [4.69, 9.17) is 14.6 Å². The van der Waals surface area contributed by atoms with Crippen molar-refractivity contribution in [3.05, 3.63) is 29.8 Å². The smallest absolute Gasteiger partial charge is 0.416 e. The zero-order valence-electron chi connectivity index (χ0n) is 13.1. The molecule has 1 fully saturated rings. The van der Waals surface area contributed by atoms with Gasteiger partial charge in [-0.1, -0.05) is 0 Å². The Labute approximate surface area is 141 Å². The fraction of sp³-hybridized carbons (Fsp3) is 0.467. The van der Waals surface area contributed by atoms with E-state index >= 15 is 0 Å². The first kappa shape index (κ1) is 18.8. The minimum Gasteiger partial charge on any atom is -0.492 e. The topological polar surface area (TPSA) is 88.1 Å². The third kappa shape index (κ3) is 5.52. The van der Waals surface area contributed by atoms with Gasteiger partial charge in [0.05, 0.1) is 25.3 Å². The molecule has 1 aliphatic rings. The van der Waals surface area contributed by atoms with Gasteiger partial charge in [-0.3, -0.25) is 0 Å². The van der Waals surface area contributed by atoms with Gasteiger partial charge in [-0.15, -0.1) is 0 Å². The number of hydrogen-bond donors (Lipinski definition) is 2. The van der Waals surface area contributed by atoms with E-state index in [0.29, 0.717) is 0 Å². The molecule has 1 aliphatic heterocycles. The van der Waals surface area contributed by atoms with Crippen LogP contribution >= 0.6 is 0 Å². The number of benzene rings is 1. The van der Waals surface area contributed by atoms with Crippen LogP contribution in [0.25, 0.3) is 0 Å². The Morgan fingerprint density at radius 3 is 2.60 bits per heavy atom. The standard InChI is InChI=1S/C15H17F3N2O5/c16-15(17,18)10-1-3-11(4-2-10)24-7-5-19-14(23)20-6-8-25-12(9-20)13(21)22/h1-4,12H,5-9H2,(H,19,23)(H,21,22). The molecule has 1 saturated heterocycles. The van der Waals surface area contributed by atoms with Crippen LogP contribution in [0.5, 0.6) is 5.75 Å². The van der Waals surface area contributed by atoms with Crippen molar-refractivity contribution in [3.8, 4) is 5.75 Å². The van der Waals surface area contributed by atoms with Gasteiger partial charge in [-0.25, -0.2) is 9.59 Å². The molecule has 1 aromatic carbocycles. The van der Waals surface area contributed by atoms with Crippen molar-refractivity contribution < 1.29 is 37.3 Å². The summed E-state index contributed by atoms with van der Waals surface area (Å²) in [5.41, 5.74) is -0.770. The number of urea groups is 1. The summed E-state index contributed by atoms with van der Waals surface area (Å²) in [4.78, 5) is 24.1. The Morgan fingerprint density at radius 1 is 1.32 bits per heavy atom. The van der Waals surface area contributed by atoms with E-state index in [0.717, 1.165) is 12.1 Å². The lowest BCUT2D eigenvalue weighted by molar-refractivity contribution is -0.154. The molecule has 10 heteroatoms. The molecule has 1 atom stereocenters. The van der Waals surface area contributed by atoms with Gasteiger partial charge in [-0.2, -0.15) is 13.2 Å². The highest BCUT2D eigenvalue weighted by Gasteiger charge is 2.30. The Morgan fingerprint density at radius 2 is 2.00 bits per heavy atom. The fourth-order valence-electron chi connectivity index (χ4n) is 2.16. The Bertz CT molecular complexity index is 606. The minimum atomic E-state index is -4.40. The van der Waals surface area contributed by atoms with Crippen LogP contribution in [0, 0.1) is 0 Å². The first-order chi connectivity index (χ1) is 11.8. The second kappa shape index (κ2) is 8.06. The van der Waals surface area contributed by atoms with Crippen LogP contribution in [-0.4, -0.2) is 61.0 Å². The van der Waals surface area contributed by atoms with Gasteiger partial charge in [0.2, 0.25) is 0 Å². The van der Waals surface area contributed by atoms with E-state index in [2.05, 4.69) is 5.32 Å². The number of nitrogens with one attached hydrogen (secondary N) is 1. The molecule has 7 nitrogen and oxygen atoms in total. The van der Waals surface area contributed by atoms with E-state index in [1.54, 1.807) is 0 Å². The average molecular weight is 362 g/mol. The molecule has 0 aliphatic carbocycles. The summed E-state index contributed by atoms with van der Waals surface area (Å²) in [6.45, 7) is 0.529. The molecule has 0 saturated carbocycles. The zero-order chi connectivity index (χ0) is 18.4. The molecule has 2 rings (SSSR count). The van der Waals surface area contributed by atoms with Gasteiger partial charge >= 0.3 is 18.2 Å². The van der Waals surface area contributed by atoms with Crippen molar-refractivity contribution in [1.29, 1.82) is 0 Å². The highest BCUT2D eigenvalue weighted by Crippen LogP contribution is 2.30. The minimum absolute atomic E-state index is 0.0546. The molecule has 138 valence electrons. The van der Waals surface area contributed by atoms with Gasteiger partial charge in [0.25, 0.3) is 0 Å². The Hall–Kier alpha value is -2.49. The quantitative estimate of drug-likeness (QED) is 0.777. The lowest BCUT2D eigenvalue weighted by Crippen LogP contribution is -2.52. The molecule has 1 heterocycles. The maximum Gasteiger partial charge on any atom is 0.416 e. The maximum atomic E-state index is 12.4. The Kier molecular flexibility index (Phi) is 6.07. The van der Waals surface area contributed by atoms with Crippen LogP contribution < -0.4 is 10.1 Å². The second-order valence-corrected chi connectivity index (χ2v) is 5.25. The third-order valence-electron chi connectivity index (χ3n) is 3.46. The summed E-state index contributed by atoms with van der Waals surface area (Å²) in [5, 5.41) is 11.4. The summed E-state index contributed by atoms with van der Waals surface area (Å²) >= 11 is 0. The number of carboxylic acids is 1. The van der Waals surface area contributed by atoms with Crippen LogP contribution in [0.2, 0.25) is 0 Å². The van der Waals surface area contributed by atoms with Crippen molar-refractivity contribution in [3.63, 3.8) is 0 Å². The first-order valence-electron chi connectivity index (χ1n) is 7.44. The van der Waals surface area contributed by atoms with Crippen molar-refractivity contribution in [2.75, 3.05) is 32.8 Å². The largest absolute Gasteiger partial charge is 0.492 e. The molecule has 0 radical (unpaired) electrons. The van der Waals surface area contributed by atoms with Gasteiger partial charge in [0, 0.05) is 6.54 Å². The first-order valence-corrected chi connectivity index (χ1v) is 7.44. The van der Waals surface area contributed by atoms with Crippen molar-refractivity contribution in [1.82, 2.24) is 10.2 Å². The summed E-state index contributed by atoms with van der Waals surface area (Å²) in [5.74, 6) is -0.886. The normalized spacial score (nSPS) is 17.9. The highest BCUT2D eigenvalue weighted by atomic mass is 19.4. The van der Waals surface area contributed by atoms with Gasteiger partial charge in [-0.05, 0) is 24.3 Å². The zero-order valence-corrected chi connectivity index (χ0v) is 13.1. The lowest BCUT2D eigenvalue weighted by atomic mass is 10.2. The fourth-order valence-corrected chi connectivity index (χ4v) is 2.16. The molecule has 1 unspecified atom stereocenters. The number of carbonyl (C=O) groups excluding carboxylic acids is 1. The maximum absolute atomic E-state index is 12.4. The predicted molar refractivity (Wildman–Crippen MR) is 79.3 cm³/mol.